The highest BCUT2D eigenvalue weighted by molar-refractivity contribution is 4.85. The fraction of sp³-hybridized carbons (Fsp3) is 0.750. The molecule has 0 aromatic carbocycles. The molecule has 1 atom stereocenters. The molecule has 1 saturated heterocycles. The molecule has 64 valence electrons. The zero-order valence-corrected chi connectivity index (χ0v) is 7.08. The van der Waals surface area contributed by atoms with E-state index in [4.69, 9.17) is 4.74 Å². The predicted molar refractivity (Wildman–Crippen MR) is 42.6 cm³/mol. The van der Waals surface area contributed by atoms with Crippen LogP contribution in [-0.2, 0) is 4.74 Å². The summed E-state index contributed by atoms with van der Waals surface area (Å²) in [4.78, 5) is 1.72. The number of aliphatic hydroxyl groups is 1. The van der Waals surface area contributed by atoms with Gasteiger partial charge in [0.05, 0.1) is 6.61 Å². The molecule has 0 spiro atoms. The molecular formula is C8H15NO2. The minimum absolute atomic E-state index is 0.0583. The number of hydrogen-bond acceptors (Lipinski definition) is 3. The first-order valence-electron chi connectivity index (χ1n) is 3.87. The molecule has 1 aliphatic heterocycles. The van der Waals surface area contributed by atoms with Crippen LogP contribution in [0.15, 0.2) is 12.8 Å². The van der Waals surface area contributed by atoms with E-state index in [0.717, 1.165) is 6.54 Å². The quantitative estimate of drug-likeness (QED) is 0.642. The van der Waals surface area contributed by atoms with Crippen molar-refractivity contribution in [3.8, 4) is 0 Å². The van der Waals surface area contributed by atoms with E-state index in [1.807, 2.05) is 13.8 Å². The van der Waals surface area contributed by atoms with Gasteiger partial charge < -0.3 is 14.7 Å². The summed E-state index contributed by atoms with van der Waals surface area (Å²) < 4.78 is 5.22. The highest BCUT2D eigenvalue weighted by Crippen LogP contribution is 2.27. The molecule has 0 amide bonds. The standard InChI is InChI=1S/C8H15NO2/c1-4-9-5-6-11-8(9,10)7(2)3/h4,7,10H,1,5-6H2,2-3H3. The van der Waals surface area contributed by atoms with Gasteiger partial charge in [-0.25, -0.2) is 0 Å². The first-order chi connectivity index (χ1) is 5.11. The van der Waals surface area contributed by atoms with Gasteiger partial charge in [-0.2, -0.15) is 0 Å². The molecule has 1 rings (SSSR count). The van der Waals surface area contributed by atoms with Crippen LogP contribution in [0.2, 0.25) is 0 Å². The molecule has 1 aliphatic rings. The number of rotatable bonds is 2. The van der Waals surface area contributed by atoms with Gasteiger partial charge in [-0.15, -0.1) is 0 Å². The molecular weight excluding hydrogens is 142 g/mol. The summed E-state index contributed by atoms with van der Waals surface area (Å²) in [6.07, 6.45) is 1.62. The average molecular weight is 157 g/mol. The Morgan fingerprint density at radius 3 is 2.73 bits per heavy atom. The van der Waals surface area contributed by atoms with Crippen LogP contribution in [0.4, 0.5) is 0 Å². The summed E-state index contributed by atoms with van der Waals surface area (Å²) in [6.45, 7) is 8.73. The minimum atomic E-state index is -1.12. The van der Waals surface area contributed by atoms with Crippen molar-refractivity contribution in [1.29, 1.82) is 0 Å². The Kier molecular flexibility index (Phi) is 2.20. The normalized spacial score (nSPS) is 31.5. The largest absolute Gasteiger partial charge is 0.348 e. The van der Waals surface area contributed by atoms with E-state index >= 15 is 0 Å². The first kappa shape index (κ1) is 8.56. The summed E-state index contributed by atoms with van der Waals surface area (Å²) in [5.41, 5.74) is 0. The summed E-state index contributed by atoms with van der Waals surface area (Å²) in [5, 5.41) is 9.86. The summed E-state index contributed by atoms with van der Waals surface area (Å²) >= 11 is 0. The highest BCUT2D eigenvalue weighted by Gasteiger charge is 2.41. The second-order valence-electron chi connectivity index (χ2n) is 3.04. The molecule has 1 heterocycles. The molecule has 1 N–H and O–H groups in total. The summed E-state index contributed by atoms with van der Waals surface area (Å²) in [5.74, 6) is -1.06. The van der Waals surface area contributed by atoms with Gasteiger partial charge in [0.2, 0.25) is 0 Å². The molecule has 3 nitrogen and oxygen atoms in total. The fourth-order valence-electron chi connectivity index (χ4n) is 1.26. The molecule has 0 saturated carbocycles. The van der Waals surface area contributed by atoms with Crippen molar-refractivity contribution in [1.82, 2.24) is 4.90 Å². The topological polar surface area (TPSA) is 32.7 Å². The Bertz CT molecular complexity index is 158. The molecule has 1 fully saturated rings. The van der Waals surface area contributed by atoms with Crippen molar-refractivity contribution in [3.05, 3.63) is 12.8 Å². The van der Waals surface area contributed by atoms with Crippen LogP contribution in [0.5, 0.6) is 0 Å². The molecule has 3 heteroatoms. The Morgan fingerprint density at radius 2 is 2.36 bits per heavy atom. The van der Waals surface area contributed by atoms with Gasteiger partial charge in [-0.05, 0) is 6.20 Å². The first-order valence-corrected chi connectivity index (χ1v) is 3.87. The van der Waals surface area contributed by atoms with E-state index in [1.165, 1.54) is 0 Å². The number of nitrogens with zero attached hydrogens (tertiary/aromatic N) is 1. The van der Waals surface area contributed by atoms with Gasteiger partial charge in [-0.3, -0.25) is 0 Å². The summed E-state index contributed by atoms with van der Waals surface area (Å²) in [7, 11) is 0. The third-order valence-electron chi connectivity index (χ3n) is 2.03. The van der Waals surface area contributed by atoms with Gasteiger partial charge in [0, 0.05) is 12.5 Å². The van der Waals surface area contributed by atoms with E-state index in [9.17, 15) is 5.11 Å². The van der Waals surface area contributed by atoms with Gasteiger partial charge in [0.15, 0.2) is 0 Å². The minimum Gasteiger partial charge on any atom is -0.348 e. The van der Waals surface area contributed by atoms with Crippen molar-refractivity contribution < 1.29 is 9.84 Å². The van der Waals surface area contributed by atoms with Crippen molar-refractivity contribution in [2.75, 3.05) is 13.2 Å². The average Bonchev–Trinajstić information content (AvgIpc) is 2.32. The SMILES string of the molecule is C=CN1CCOC1(O)C(C)C. The van der Waals surface area contributed by atoms with E-state index in [1.54, 1.807) is 11.1 Å². The molecule has 0 aromatic rings. The third kappa shape index (κ3) is 1.26. The lowest BCUT2D eigenvalue weighted by atomic mass is 10.1. The fourth-order valence-corrected chi connectivity index (χ4v) is 1.26. The maximum Gasteiger partial charge on any atom is 0.251 e. The Morgan fingerprint density at radius 1 is 1.73 bits per heavy atom. The van der Waals surface area contributed by atoms with Crippen LogP contribution >= 0.6 is 0 Å². The number of hydrogen-bond donors (Lipinski definition) is 1. The maximum absolute atomic E-state index is 9.86. The van der Waals surface area contributed by atoms with Crippen molar-refractivity contribution in [3.63, 3.8) is 0 Å². The molecule has 0 aliphatic carbocycles. The third-order valence-corrected chi connectivity index (χ3v) is 2.03. The van der Waals surface area contributed by atoms with E-state index in [2.05, 4.69) is 6.58 Å². The highest BCUT2D eigenvalue weighted by atomic mass is 16.7. The monoisotopic (exact) mass is 157 g/mol. The molecule has 0 aromatic heterocycles. The van der Waals surface area contributed by atoms with E-state index in [0.29, 0.717) is 6.61 Å². The zero-order valence-electron chi connectivity index (χ0n) is 7.08. The molecule has 1 unspecified atom stereocenters. The Hall–Kier alpha value is -0.540. The Balaban J connectivity index is 2.74. The van der Waals surface area contributed by atoms with E-state index < -0.39 is 5.91 Å². The molecule has 0 radical (unpaired) electrons. The van der Waals surface area contributed by atoms with Crippen molar-refractivity contribution in [2.45, 2.75) is 19.8 Å². The second-order valence-corrected chi connectivity index (χ2v) is 3.04. The van der Waals surface area contributed by atoms with Crippen LogP contribution in [0.25, 0.3) is 0 Å². The van der Waals surface area contributed by atoms with Gasteiger partial charge in [-0.1, -0.05) is 20.4 Å². The summed E-state index contributed by atoms with van der Waals surface area (Å²) in [6, 6.07) is 0. The molecule has 11 heavy (non-hydrogen) atoms. The number of ether oxygens (including phenoxy) is 1. The predicted octanol–water partition coefficient (Wildman–Crippen LogP) is 0.764. The lowest BCUT2D eigenvalue weighted by molar-refractivity contribution is -0.258. The van der Waals surface area contributed by atoms with Crippen molar-refractivity contribution >= 4 is 0 Å². The van der Waals surface area contributed by atoms with Gasteiger partial charge in [0.25, 0.3) is 5.91 Å². The maximum atomic E-state index is 9.86. The molecule has 0 bridgehead atoms. The van der Waals surface area contributed by atoms with Gasteiger partial charge >= 0.3 is 0 Å². The zero-order chi connectivity index (χ0) is 8.48. The van der Waals surface area contributed by atoms with Gasteiger partial charge in [0.1, 0.15) is 0 Å². The lowest BCUT2D eigenvalue weighted by Gasteiger charge is -2.33. The van der Waals surface area contributed by atoms with Crippen LogP contribution in [-0.4, -0.2) is 29.1 Å². The Labute approximate surface area is 67.3 Å². The smallest absolute Gasteiger partial charge is 0.251 e. The van der Waals surface area contributed by atoms with Crippen LogP contribution < -0.4 is 0 Å². The second kappa shape index (κ2) is 2.83. The van der Waals surface area contributed by atoms with Crippen LogP contribution in [0, 0.1) is 5.92 Å². The van der Waals surface area contributed by atoms with Crippen LogP contribution in [0.3, 0.4) is 0 Å². The van der Waals surface area contributed by atoms with Crippen LogP contribution in [0.1, 0.15) is 13.8 Å². The van der Waals surface area contributed by atoms with Crippen molar-refractivity contribution in [2.24, 2.45) is 5.92 Å². The lowest BCUT2D eigenvalue weighted by Crippen LogP contribution is -2.46. The van der Waals surface area contributed by atoms with E-state index in [-0.39, 0.29) is 5.92 Å².